The van der Waals surface area contributed by atoms with Gasteiger partial charge < -0.3 is 9.64 Å². The van der Waals surface area contributed by atoms with E-state index in [2.05, 4.69) is 35.3 Å². The number of hydrogen-bond donors (Lipinski definition) is 1. The summed E-state index contributed by atoms with van der Waals surface area (Å²) in [6, 6.07) is 6.09. The molecule has 0 atom stereocenters. The minimum atomic E-state index is 0.596. The minimum absolute atomic E-state index is 0.596. The van der Waals surface area contributed by atoms with Crippen LogP contribution in [-0.4, -0.2) is 57.4 Å². The third-order valence-corrected chi connectivity index (χ3v) is 6.45. The van der Waals surface area contributed by atoms with Crippen LogP contribution < -0.4 is 0 Å². The zero-order valence-corrected chi connectivity index (χ0v) is 17.5. The predicted molar refractivity (Wildman–Crippen MR) is 115 cm³/mol. The molecule has 1 aliphatic heterocycles. The van der Waals surface area contributed by atoms with Gasteiger partial charge >= 0.3 is 0 Å². The molecule has 0 aliphatic carbocycles. The number of aromatic nitrogens is 5. The Kier molecular flexibility index (Phi) is 4.99. The highest BCUT2D eigenvalue weighted by molar-refractivity contribution is 7.18. The Hall–Kier alpha value is -2.42. The van der Waals surface area contributed by atoms with E-state index in [4.69, 9.17) is 19.7 Å². The number of aromatic amines is 1. The predicted octanol–water partition coefficient (Wildman–Crippen LogP) is 3.66. The molecule has 0 radical (unpaired) electrons. The molecule has 1 fully saturated rings. The van der Waals surface area contributed by atoms with Gasteiger partial charge in [-0.2, -0.15) is 5.10 Å². The maximum atomic E-state index is 5.55. The number of nitrogens with one attached hydrogen (secondary N) is 1. The van der Waals surface area contributed by atoms with Crippen LogP contribution in [0.3, 0.4) is 0 Å². The van der Waals surface area contributed by atoms with Crippen LogP contribution in [0.4, 0.5) is 0 Å². The molecular formula is C21H24N6OS. The van der Waals surface area contributed by atoms with Crippen molar-refractivity contribution in [3.05, 3.63) is 35.1 Å². The molecule has 1 aliphatic rings. The summed E-state index contributed by atoms with van der Waals surface area (Å²) < 4.78 is 6.67. The van der Waals surface area contributed by atoms with Crippen molar-refractivity contribution in [1.82, 2.24) is 30.0 Å². The number of hydrogen-bond acceptors (Lipinski definition) is 7. The van der Waals surface area contributed by atoms with E-state index in [1.807, 2.05) is 18.3 Å². The summed E-state index contributed by atoms with van der Waals surface area (Å²) in [5.74, 6) is 1.33. The lowest BCUT2D eigenvalue weighted by Crippen LogP contribution is -2.18. The van der Waals surface area contributed by atoms with E-state index >= 15 is 0 Å². The molecule has 0 bridgehead atoms. The zero-order chi connectivity index (χ0) is 19.8. The highest BCUT2D eigenvalue weighted by Gasteiger charge is 2.21. The number of fused-ring (bicyclic) bond motifs is 2. The van der Waals surface area contributed by atoms with Crippen LogP contribution in [0.2, 0.25) is 0 Å². The van der Waals surface area contributed by atoms with E-state index in [1.165, 1.54) is 0 Å². The average molecular weight is 409 g/mol. The zero-order valence-electron chi connectivity index (χ0n) is 16.7. The van der Waals surface area contributed by atoms with Crippen molar-refractivity contribution in [2.75, 3.05) is 27.3 Å². The first-order valence-corrected chi connectivity index (χ1v) is 10.8. The van der Waals surface area contributed by atoms with E-state index < -0.39 is 0 Å². The second kappa shape index (κ2) is 7.78. The number of H-pyrrole nitrogens is 1. The van der Waals surface area contributed by atoms with Crippen LogP contribution in [0.25, 0.3) is 32.6 Å². The number of benzene rings is 1. The van der Waals surface area contributed by atoms with Gasteiger partial charge in [-0.1, -0.05) is 12.1 Å². The Bertz CT molecular complexity index is 1140. The summed E-state index contributed by atoms with van der Waals surface area (Å²) in [5.41, 5.74) is 3.90. The molecule has 1 saturated heterocycles. The summed E-state index contributed by atoms with van der Waals surface area (Å²) in [6.45, 7) is 2.49. The monoisotopic (exact) mass is 408 g/mol. The Balaban J connectivity index is 1.63. The lowest BCUT2D eigenvalue weighted by molar-refractivity contribution is 0.0664. The summed E-state index contributed by atoms with van der Waals surface area (Å²) in [5, 5.41) is 9.33. The SMILES string of the molecule is CN(C)Cc1nc2nc(-c3cccc4[nH]ncc34)nc(CC3CCOCC3)c2s1. The smallest absolute Gasteiger partial charge is 0.174 e. The molecule has 0 amide bonds. The molecule has 0 spiro atoms. The molecule has 150 valence electrons. The molecule has 0 saturated carbocycles. The number of ether oxygens (including phenoxy) is 1. The van der Waals surface area contributed by atoms with Gasteiger partial charge in [0.15, 0.2) is 11.5 Å². The van der Waals surface area contributed by atoms with Crippen molar-refractivity contribution in [1.29, 1.82) is 0 Å². The quantitative estimate of drug-likeness (QED) is 0.543. The highest BCUT2D eigenvalue weighted by atomic mass is 32.1. The van der Waals surface area contributed by atoms with Gasteiger partial charge in [-0.05, 0) is 45.3 Å². The molecule has 1 aromatic carbocycles. The largest absolute Gasteiger partial charge is 0.381 e. The standard InChI is InChI=1S/C21H24N6OS/c1-27(2)12-18-24-21-19(29-18)17(10-13-6-8-28-9-7-13)23-20(25-21)14-4-3-5-16-15(14)11-22-26-16/h3-5,11,13H,6-10,12H2,1-2H3,(H,22,26). The number of thiazole rings is 1. The van der Waals surface area contributed by atoms with Crippen molar-refractivity contribution < 1.29 is 4.74 Å². The van der Waals surface area contributed by atoms with Gasteiger partial charge in [-0.25, -0.2) is 15.0 Å². The van der Waals surface area contributed by atoms with Crippen LogP contribution in [0.5, 0.6) is 0 Å². The van der Waals surface area contributed by atoms with Crippen molar-refractivity contribution in [2.45, 2.75) is 25.8 Å². The summed E-state index contributed by atoms with van der Waals surface area (Å²) >= 11 is 1.72. The van der Waals surface area contributed by atoms with Gasteiger partial charge in [0, 0.05) is 30.7 Å². The van der Waals surface area contributed by atoms with Gasteiger partial charge in [-0.3, -0.25) is 5.10 Å². The van der Waals surface area contributed by atoms with Crippen molar-refractivity contribution in [3.8, 4) is 11.4 Å². The third kappa shape index (κ3) is 3.75. The van der Waals surface area contributed by atoms with E-state index in [0.29, 0.717) is 5.92 Å². The van der Waals surface area contributed by atoms with Gasteiger partial charge in [0.2, 0.25) is 0 Å². The first-order chi connectivity index (χ1) is 14.2. The Morgan fingerprint density at radius 3 is 2.86 bits per heavy atom. The lowest BCUT2D eigenvalue weighted by Gasteiger charge is -2.21. The van der Waals surface area contributed by atoms with Gasteiger partial charge in [0.25, 0.3) is 0 Å². The number of rotatable bonds is 5. The van der Waals surface area contributed by atoms with E-state index in [1.54, 1.807) is 11.3 Å². The lowest BCUT2D eigenvalue weighted by atomic mass is 9.94. The van der Waals surface area contributed by atoms with E-state index in [-0.39, 0.29) is 0 Å². The van der Waals surface area contributed by atoms with Gasteiger partial charge in [0.1, 0.15) is 5.01 Å². The van der Waals surface area contributed by atoms with Crippen LogP contribution in [0.1, 0.15) is 23.5 Å². The van der Waals surface area contributed by atoms with Crippen LogP contribution in [0, 0.1) is 5.92 Å². The molecule has 7 nitrogen and oxygen atoms in total. The van der Waals surface area contributed by atoms with E-state index in [9.17, 15) is 0 Å². The van der Waals surface area contributed by atoms with Gasteiger partial charge in [-0.15, -0.1) is 11.3 Å². The second-order valence-corrected chi connectivity index (χ2v) is 8.97. The van der Waals surface area contributed by atoms with Gasteiger partial charge in [0.05, 0.1) is 22.1 Å². The summed E-state index contributed by atoms with van der Waals surface area (Å²) in [7, 11) is 4.12. The van der Waals surface area contributed by atoms with E-state index in [0.717, 1.165) is 82.4 Å². The fraction of sp³-hybridized carbons (Fsp3) is 0.429. The fourth-order valence-corrected chi connectivity index (χ4v) is 5.03. The topological polar surface area (TPSA) is 79.8 Å². The normalized spacial score (nSPS) is 15.7. The van der Waals surface area contributed by atoms with Crippen molar-refractivity contribution >= 4 is 32.6 Å². The number of nitrogens with zero attached hydrogens (tertiary/aromatic N) is 5. The van der Waals surface area contributed by atoms with Crippen LogP contribution in [0.15, 0.2) is 24.4 Å². The fourth-order valence-electron chi connectivity index (χ4n) is 3.91. The third-order valence-electron chi connectivity index (χ3n) is 5.37. The maximum absolute atomic E-state index is 5.55. The summed E-state index contributed by atoms with van der Waals surface area (Å²) in [4.78, 5) is 16.9. The van der Waals surface area contributed by atoms with Crippen molar-refractivity contribution in [3.63, 3.8) is 0 Å². The van der Waals surface area contributed by atoms with Crippen LogP contribution in [-0.2, 0) is 17.7 Å². The molecule has 5 rings (SSSR count). The molecular weight excluding hydrogens is 384 g/mol. The molecule has 0 unspecified atom stereocenters. The molecule has 1 N–H and O–H groups in total. The second-order valence-electron chi connectivity index (χ2n) is 7.89. The molecule has 4 aromatic rings. The first kappa shape index (κ1) is 18.6. The van der Waals surface area contributed by atoms with Crippen molar-refractivity contribution in [2.24, 2.45) is 5.92 Å². The molecule has 3 aromatic heterocycles. The average Bonchev–Trinajstić information content (AvgIpc) is 3.34. The molecule has 4 heterocycles. The molecule has 29 heavy (non-hydrogen) atoms. The van der Waals surface area contributed by atoms with Crippen LogP contribution >= 0.6 is 11.3 Å². The Labute approximate surface area is 173 Å². The molecule has 8 heteroatoms. The Morgan fingerprint density at radius 2 is 2.03 bits per heavy atom. The Morgan fingerprint density at radius 1 is 1.17 bits per heavy atom. The first-order valence-electron chi connectivity index (χ1n) is 9.98. The highest BCUT2D eigenvalue weighted by Crippen LogP contribution is 2.32. The maximum Gasteiger partial charge on any atom is 0.174 e. The summed E-state index contributed by atoms with van der Waals surface area (Å²) in [6.07, 6.45) is 4.96. The minimum Gasteiger partial charge on any atom is -0.381 e.